The Kier molecular flexibility index (Phi) is 2.98. The lowest BCUT2D eigenvalue weighted by Crippen LogP contribution is -2.14. The smallest absolute Gasteiger partial charge is 0.294 e. The molecule has 1 aliphatic carbocycles. The molecule has 0 atom stereocenters. The minimum absolute atomic E-state index is 0.173. The van der Waals surface area contributed by atoms with Crippen molar-refractivity contribution in [1.29, 1.82) is 0 Å². The molecule has 2 rings (SSSR count). The van der Waals surface area contributed by atoms with Gasteiger partial charge in [-0.25, -0.2) is 0 Å². The Morgan fingerprint density at radius 3 is 2.93 bits per heavy atom. The molecule has 1 aromatic heterocycles. The molecular formula is C9H15N3OS. The van der Waals surface area contributed by atoms with Crippen molar-refractivity contribution in [2.45, 2.75) is 45.4 Å². The van der Waals surface area contributed by atoms with Gasteiger partial charge in [-0.15, -0.1) is 5.10 Å². The number of nitrogens with one attached hydrogen (secondary N) is 1. The normalized spacial score (nSPS) is 16.2. The monoisotopic (exact) mass is 213 g/mol. The fraction of sp³-hybridized carbons (Fsp3) is 0.778. The van der Waals surface area contributed by atoms with Gasteiger partial charge < -0.3 is 10.1 Å². The highest BCUT2D eigenvalue weighted by Gasteiger charge is 2.20. The van der Waals surface area contributed by atoms with Crippen LogP contribution in [0.25, 0.3) is 0 Å². The van der Waals surface area contributed by atoms with E-state index in [1.165, 1.54) is 24.2 Å². The van der Waals surface area contributed by atoms with E-state index in [1.807, 2.05) is 13.8 Å². The SMILES string of the molecule is CC(C)Oc1nnc(CNC2CC2)s1. The van der Waals surface area contributed by atoms with Crippen LogP contribution in [0.5, 0.6) is 5.19 Å². The zero-order valence-corrected chi connectivity index (χ0v) is 9.30. The number of rotatable bonds is 5. The minimum atomic E-state index is 0.173. The molecule has 0 amide bonds. The van der Waals surface area contributed by atoms with Crippen LogP contribution in [0.4, 0.5) is 0 Å². The fourth-order valence-corrected chi connectivity index (χ4v) is 1.84. The molecule has 5 heteroatoms. The second-order valence-electron chi connectivity index (χ2n) is 3.78. The third-order valence-corrected chi connectivity index (χ3v) is 2.72. The summed E-state index contributed by atoms with van der Waals surface area (Å²) < 4.78 is 5.43. The Hall–Kier alpha value is -0.680. The van der Waals surface area contributed by atoms with Crippen LogP contribution in [0.3, 0.4) is 0 Å². The van der Waals surface area contributed by atoms with Gasteiger partial charge in [-0.3, -0.25) is 0 Å². The van der Waals surface area contributed by atoms with Crippen molar-refractivity contribution in [2.24, 2.45) is 0 Å². The summed E-state index contributed by atoms with van der Waals surface area (Å²) in [5, 5.41) is 13.1. The fourth-order valence-electron chi connectivity index (χ4n) is 1.08. The van der Waals surface area contributed by atoms with Gasteiger partial charge in [-0.05, 0) is 26.7 Å². The predicted molar refractivity (Wildman–Crippen MR) is 55.5 cm³/mol. The van der Waals surface area contributed by atoms with Crippen LogP contribution in [0.1, 0.15) is 31.7 Å². The second kappa shape index (κ2) is 4.23. The van der Waals surface area contributed by atoms with E-state index in [0.717, 1.165) is 11.6 Å². The summed E-state index contributed by atoms with van der Waals surface area (Å²) in [6, 6.07) is 0.716. The molecule has 0 unspecified atom stereocenters. The molecule has 1 aromatic rings. The topological polar surface area (TPSA) is 47.0 Å². The average molecular weight is 213 g/mol. The molecule has 4 nitrogen and oxygen atoms in total. The summed E-state index contributed by atoms with van der Waals surface area (Å²) in [5.74, 6) is 0. The third kappa shape index (κ3) is 2.92. The highest BCUT2D eigenvalue weighted by atomic mass is 32.1. The molecule has 1 fully saturated rings. The third-order valence-electron chi connectivity index (χ3n) is 1.90. The molecule has 78 valence electrons. The van der Waals surface area contributed by atoms with Crippen LogP contribution in [-0.2, 0) is 6.54 Å². The maximum absolute atomic E-state index is 5.43. The van der Waals surface area contributed by atoms with Crippen molar-refractivity contribution in [2.75, 3.05) is 0 Å². The molecular weight excluding hydrogens is 198 g/mol. The van der Waals surface area contributed by atoms with Gasteiger partial charge in [0.05, 0.1) is 12.6 Å². The number of hydrogen-bond acceptors (Lipinski definition) is 5. The molecule has 1 aliphatic rings. The van der Waals surface area contributed by atoms with Gasteiger partial charge in [0, 0.05) is 6.04 Å². The first-order valence-electron chi connectivity index (χ1n) is 4.96. The van der Waals surface area contributed by atoms with E-state index in [4.69, 9.17) is 4.74 Å². The molecule has 1 saturated carbocycles. The maximum Gasteiger partial charge on any atom is 0.294 e. The summed E-state index contributed by atoms with van der Waals surface area (Å²) in [6.07, 6.45) is 2.77. The van der Waals surface area contributed by atoms with Gasteiger partial charge in [0.15, 0.2) is 0 Å². The van der Waals surface area contributed by atoms with E-state index in [2.05, 4.69) is 15.5 Å². The lowest BCUT2D eigenvalue weighted by molar-refractivity contribution is 0.239. The van der Waals surface area contributed by atoms with Crippen molar-refractivity contribution in [3.05, 3.63) is 5.01 Å². The highest BCUT2D eigenvalue weighted by Crippen LogP contribution is 2.22. The summed E-state index contributed by atoms with van der Waals surface area (Å²) in [6.45, 7) is 4.80. The van der Waals surface area contributed by atoms with E-state index in [0.29, 0.717) is 11.2 Å². The largest absolute Gasteiger partial charge is 0.466 e. The van der Waals surface area contributed by atoms with E-state index in [1.54, 1.807) is 0 Å². The van der Waals surface area contributed by atoms with Crippen molar-refractivity contribution in [3.8, 4) is 5.19 Å². The standard InChI is InChI=1S/C9H15N3OS/c1-6(2)13-9-12-11-8(14-9)5-10-7-3-4-7/h6-7,10H,3-5H2,1-2H3. The van der Waals surface area contributed by atoms with E-state index < -0.39 is 0 Å². The second-order valence-corrected chi connectivity index (χ2v) is 4.81. The molecule has 0 bridgehead atoms. The van der Waals surface area contributed by atoms with Gasteiger partial charge in [-0.1, -0.05) is 16.4 Å². The van der Waals surface area contributed by atoms with E-state index in [9.17, 15) is 0 Å². The van der Waals surface area contributed by atoms with Crippen molar-refractivity contribution in [3.63, 3.8) is 0 Å². The van der Waals surface area contributed by atoms with Gasteiger partial charge in [0.2, 0.25) is 0 Å². The van der Waals surface area contributed by atoms with Gasteiger partial charge in [-0.2, -0.15) is 0 Å². The lowest BCUT2D eigenvalue weighted by Gasteiger charge is -2.02. The first-order valence-corrected chi connectivity index (χ1v) is 5.78. The predicted octanol–water partition coefficient (Wildman–Crippen LogP) is 1.58. The molecule has 0 spiro atoms. The number of nitrogens with zero attached hydrogens (tertiary/aromatic N) is 2. The summed E-state index contributed by atoms with van der Waals surface area (Å²) in [4.78, 5) is 0. The molecule has 1 heterocycles. The minimum Gasteiger partial charge on any atom is -0.466 e. The molecule has 0 saturated heterocycles. The van der Waals surface area contributed by atoms with Gasteiger partial charge in [0.1, 0.15) is 5.01 Å². The first kappa shape index (κ1) is 9.86. The van der Waals surface area contributed by atoms with Gasteiger partial charge >= 0.3 is 0 Å². The molecule has 1 N–H and O–H groups in total. The van der Waals surface area contributed by atoms with Crippen LogP contribution in [0.2, 0.25) is 0 Å². The quantitative estimate of drug-likeness (QED) is 0.806. The Morgan fingerprint density at radius 2 is 2.29 bits per heavy atom. The molecule has 0 aliphatic heterocycles. The molecule has 0 aromatic carbocycles. The number of ether oxygens (including phenoxy) is 1. The van der Waals surface area contributed by atoms with Crippen molar-refractivity contribution < 1.29 is 4.74 Å². The number of hydrogen-bond donors (Lipinski definition) is 1. The van der Waals surface area contributed by atoms with Crippen LogP contribution in [-0.4, -0.2) is 22.3 Å². The Balaban J connectivity index is 1.81. The van der Waals surface area contributed by atoms with Crippen molar-refractivity contribution >= 4 is 11.3 Å². The van der Waals surface area contributed by atoms with Crippen LogP contribution in [0, 0.1) is 0 Å². The zero-order chi connectivity index (χ0) is 9.97. The average Bonchev–Trinajstić information content (AvgIpc) is 2.84. The van der Waals surface area contributed by atoms with E-state index >= 15 is 0 Å². The Labute approximate surface area is 87.7 Å². The highest BCUT2D eigenvalue weighted by molar-refractivity contribution is 7.13. The van der Waals surface area contributed by atoms with Crippen molar-refractivity contribution in [1.82, 2.24) is 15.5 Å². The summed E-state index contributed by atoms with van der Waals surface area (Å²) >= 11 is 1.52. The Bertz CT molecular complexity index is 296. The van der Waals surface area contributed by atoms with E-state index in [-0.39, 0.29) is 6.10 Å². The number of aromatic nitrogens is 2. The van der Waals surface area contributed by atoms with Crippen LogP contribution < -0.4 is 10.1 Å². The zero-order valence-electron chi connectivity index (χ0n) is 8.49. The summed E-state index contributed by atoms with van der Waals surface area (Å²) in [7, 11) is 0. The maximum atomic E-state index is 5.43. The molecule has 0 radical (unpaired) electrons. The van der Waals surface area contributed by atoms with Crippen LogP contribution >= 0.6 is 11.3 Å². The van der Waals surface area contributed by atoms with Crippen LogP contribution in [0.15, 0.2) is 0 Å². The first-order chi connectivity index (χ1) is 6.74. The Morgan fingerprint density at radius 1 is 1.50 bits per heavy atom. The molecule has 14 heavy (non-hydrogen) atoms. The lowest BCUT2D eigenvalue weighted by atomic mass is 10.5. The van der Waals surface area contributed by atoms with Gasteiger partial charge in [0.25, 0.3) is 5.19 Å². The summed E-state index contributed by atoms with van der Waals surface area (Å²) in [5.41, 5.74) is 0.